The van der Waals surface area contributed by atoms with Gasteiger partial charge in [0, 0.05) is 6.07 Å². The molecule has 0 saturated carbocycles. The summed E-state index contributed by atoms with van der Waals surface area (Å²) in [6.07, 6.45) is 1.30. The van der Waals surface area contributed by atoms with E-state index in [1.54, 1.807) is 6.07 Å². The Balaban J connectivity index is 2.01. The molecule has 2 aromatic heterocycles. The molecule has 7 heteroatoms. The van der Waals surface area contributed by atoms with Crippen LogP contribution in [-0.2, 0) is 6.61 Å². The third-order valence-corrected chi connectivity index (χ3v) is 3.49. The summed E-state index contributed by atoms with van der Waals surface area (Å²) in [6.45, 7) is 0.272. The Kier molecular flexibility index (Phi) is 3.57. The van der Waals surface area contributed by atoms with Gasteiger partial charge in [-0.05, 0) is 21.5 Å². The highest BCUT2D eigenvalue weighted by Crippen LogP contribution is 2.27. The summed E-state index contributed by atoms with van der Waals surface area (Å²) in [5, 5.41) is 13.3. The van der Waals surface area contributed by atoms with Gasteiger partial charge in [-0.3, -0.25) is 0 Å². The molecule has 0 fully saturated rings. The van der Waals surface area contributed by atoms with E-state index in [0.717, 1.165) is 5.56 Å². The van der Waals surface area contributed by atoms with Crippen molar-refractivity contribution in [3.63, 3.8) is 0 Å². The monoisotopic (exact) mass is 347 g/mol. The van der Waals surface area contributed by atoms with Gasteiger partial charge >= 0.3 is 5.97 Å². The van der Waals surface area contributed by atoms with Crippen LogP contribution < -0.4 is 4.74 Å². The number of hydrogen-bond donors (Lipinski definition) is 1. The van der Waals surface area contributed by atoms with Gasteiger partial charge in [-0.2, -0.15) is 5.10 Å². The van der Waals surface area contributed by atoms with Gasteiger partial charge in [-0.1, -0.05) is 30.3 Å². The predicted molar refractivity (Wildman–Crippen MR) is 78.4 cm³/mol. The fourth-order valence-electron chi connectivity index (χ4n) is 1.96. The Bertz CT molecular complexity index is 802. The second kappa shape index (κ2) is 5.53. The standard InChI is InChI=1S/C14H10BrN3O3/c15-10-6-11(21-7-9-4-2-1-3-5-9)12(14(19)20)18-13(10)16-8-17-18/h1-6,8H,7H2,(H,19,20). The van der Waals surface area contributed by atoms with E-state index in [-0.39, 0.29) is 18.1 Å². The molecule has 106 valence electrons. The molecule has 1 N–H and O–H groups in total. The van der Waals surface area contributed by atoms with Crippen LogP contribution in [0.3, 0.4) is 0 Å². The van der Waals surface area contributed by atoms with Crippen LogP contribution in [-0.4, -0.2) is 25.7 Å². The third kappa shape index (κ3) is 2.59. The van der Waals surface area contributed by atoms with E-state index in [0.29, 0.717) is 10.1 Å². The second-order valence-corrected chi connectivity index (χ2v) is 5.13. The summed E-state index contributed by atoms with van der Waals surface area (Å²) in [5.41, 5.74) is 1.32. The molecule has 21 heavy (non-hydrogen) atoms. The SMILES string of the molecule is O=C(O)c1c(OCc2ccccc2)cc(Br)c2ncnn12. The van der Waals surface area contributed by atoms with Crippen LogP contribution >= 0.6 is 15.9 Å². The minimum Gasteiger partial charge on any atom is -0.486 e. The molecule has 6 nitrogen and oxygen atoms in total. The number of carboxylic acid groups (broad SMARTS) is 1. The summed E-state index contributed by atoms with van der Waals surface area (Å²) in [5.74, 6) is -0.891. The van der Waals surface area contributed by atoms with Crippen LogP contribution in [0, 0.1) is 0 Å². The number of aromatic carboxylic acids is 1. The van der Waals surface area contributed by atoms with E-state index in [9.17, 15) is 9.90 Å². The highest BCUT2D eigenvalue weighted by atomic mass is 79.9. The van der Waals surface area contributed by atoms with Crippen LogP contribution in [0.25, 0.3) is 5.65 Å². The van der Waals surface area contributed by atoms with Crippen molar-refractivity contribution in [3.05, 3.63) is 58.5 Å². The maximum absolute atomic E-state index is 11.5. The Morgan fingerprint density at radius 3 is 2.81 bits per heavy atom. The quantitative estimate of drug-likeness (QED) is 0.785. The van der Waals surface area contributed by atoms with Crippen LogP contribution in [0.1, 0.15) is 16.1 Å². The number of carbonyl (C=O) groups is 1. The lowest BCUT2D eigenvalue weighted by atomic mass is 10.2. The molecule has 0 atom stereocenters. The lowest BCUT2D eigenvalue weighted by Crippen LogP contribution is -2.10. The lowest BCUT2D eigenvalue weighted by molar-refractivity contribution is 0.0681. The summed E-state index contributed by atoms with van der Waals surface area (Å²) < 4.78 is 7.50. The number of ether oxygens (including phenoxy) is 1. The minimum atomic E-state index is -1.12. The highest BCUT2D eigenvalue weighted by molar-refractivity contribution is 9.10. The van der Waals surface area contributed by atoms with Crippen LogP contribution in [0.5, 0.6) is 5.75 Å². The fourth-order valence-corrected chi connectivity index (χ4v) is 2.44. The van der Waals surface area contributed by atoms with E-state index in [1.807, 2.05) is 30.3 Å². The number of fused-ring (bicyclic) bond motifs is 1. The summed E-state index contributed by atoms with van der Waals surface area (Å²) in [7, 11) is 0. The van der Waals surface area contributed by atoms with Gasteiger partial charge in [-0.25, -0.2) is 14.3 Å². The largest absolute Gasteiger partial charge is 0.486 e. The first-order chi connectivity index (χ1) is 10.2. The van der Waals surface area contributed by atoms with Crippen molar-refractivity contribution in [3.8, 4) is 5.75 Å². The van der Waals surface area contributed by atoms with Gasteiger partial charge in [-0.15, -0.1) is 0 Å². The number of pyridine rings is 1. The summed E-state index contributed by atoms with van der Waals surface area (Å²) in [4.78, 5) is 15.5. The molecular weight excluding hydrogens is 338 g/mol. The van der Waals surface area contributed by atoms with Gasteiger partial charge in [0.25, 0.3) is 0 Å². The van der Waals surface area contributed by atoms with Crippen molar-refractivity contribution < 1.29 is 14.6 Å². The first kappa shape index (κ1) is 13.6. The van der Waals surface area contributed by atoms with Gasteiger partial charge in [0.2, 0.25) is 0 Å². The number of aromatic nitrogens is 3. The van der Waals surface area contributed by atoms with E-state index >= 15 is 0 Å². The topological polar surface area (TPSA) is 76.7 Å². The third-order valence-electron chi connectivity index (χ3n) is 2.90. The molecule has 0 bridgehead atoms. The van der Waals surface area contributed by atoms with Crippen molar-refractivity contribution in [1.29, 1.82) is 0 Å². The summed E-state index contributed by atoms with van der Waals surface area (Å²) >= 11 is 3.34. The number of carboxylic acids is 1. The molecule has 3 rings (SSSR count). The maximum Gasteiger partial charge on any atom is 0.358 e. The van der Waals surface area contributed by atoms with Crippen molar-refractivity contribution >= 4 is 27.5 Å². The normalized spacial score (nSPS) is 10.7. The maximum atomic E-state index is 11.5. The zero-order chi connectivity index (χ0) is 14.8. The molecule has 0 aliphatic heterocycles. The van der Waals surface area contributed by atoms with Crippen molar-refractivity contribution in [2.75, 3.05) is 0 Å². The van der Waals surface area contributed by atoms with E-state index in [4.69, 9.17) is 4.74 Å². The van der Waals surface area contributed by atoms with Gasteiger partial charge in [0.1, 0.15) is 12.9 Å². The predicted octanol–water partition coefficient (Wildman–Crippen LogP) is 2.77. The first-order valence-electron chi connectivity index (χ1n) is 6.09. The number of hydrogen-bond acceptors (Lipinski definition) is 4. The van der Waals surface area contributed by atoms with Gasteiger partial charge < -0.3 is 9.84 Å². The zero-order valence-corrected chi connectivity index (χ0v) is 12.3. The smallest absolute Gasteiger partial charge is 0.358 e. The number of halogens is 1. The average molecular weight is 348 g/mol. The minimum absolute atomic E-state index is 0.0540. The fraction of sp³-hybridized carbons (Fsp3) is 0.0714. The first-order valence-corrected chi connectivity index (χ1v) is 6.88. The number of nitrogens with zero attached hydrogens (tertiary/aromatic N) is 3. The van der Waals surface area contributed by atoms with Crippen LogP contribution in [0.15, 0.2) is 47.2 Å². The van der Waals surface area contributed by atoms with E-state index < -0.39 is 5.97 Å². The Morgan fingerprint density at radius 1 is 1.33 bits per heavy atom. The second-order valence-electron chi connectivity index (χ2n) is 4.28. The van der Waals surface area contributed by atoms with Crippen LogP contribution in [0.2, 0.25) is 0 Å². The molecule has 1 aromatic carbocycles. The van der Waals surface area contributed by atoms with Crippen molar-refractivity contribution in [2.45, 2.75) is 6.61 Å². The number of rotatable bonds is 4. The zero-order valence-electron chi connectivity index (χ0n) is 10.7. The van der Waals surface area contributed by atoms with Crippen molar-refractivity contribution in [1.82, 2.24) is 14.6 Å². The molecule has 0 amide bonds. The van der Waals surface area contributed by atoms with E-state index in [2.05, 4.69) is 26.0 Å². The Morgan fingerprint density at radius 2 is 2.10 bits per heavy atom. The molecule has 2 heterocycles. The highest BCUT2D eigenvalue weighted by Gasteiger charge is 2.20. The molecule has 0 aliphatic rings. The Hall–Kier alpha value is -2.41. The molecule has 0 unspecified atom stereocenters. The molecule has 3 aromatic rings. The number of benzene rings is 1. The molecule has 0 radical (unpaired) electrons. The van der Waals surface area contributed by atoms with E-state index in [1.165, 1.54) is 10.8 Å². The summed E-state index contributed by atoms with van der Waals surface area (Å²) in [6, 6.07) is 11.1. The van der Waals surface area contributed by atoms with Crippen molar-refractivity contribution in [2.24, 2.45) is 0 Å². The Labute approximate surface area is 128 Å². The molecule has 0 saturated heterocycles. The molecule has 0 spiro atoms. The van der Waals surface area contributed by atoms with Crippen LogP contribution in [0.4, 0.5) is 0 Å². The van der Waals surface area contributed by atoms with Gasteiger partial charge in [0.15, 0.2) is 17.1 Å². The lowest BCUT2D eigenvalue weighted by Gasteiger charge is -2.11. The molecule has 0 aliphatic carbocycles. The average Bonchev–Trinajstić information content (AvgIpc) is 2.95. The molecular formula is C14H10BrN3O3. The van der Waals surface area contributed by atoms with Gasteiger partial charge in [0.05, 0.1) is 4.47 Å².